The van der Waals surface area contributed by atoms with E-state index < -0.39 is 7.26 Å². The zero-order valence-corrected chi connectivity index (χ0v) is 23.6. The summed E-state index contributed by atoms with van der Waals surface area (Å²) in [6, 6.07) is 16.2. The van der Waals surface area contributed by atoms with Gasteiger partial charge in [0, 0.05) is 11.1 Å². The largest absolute Gasteiger partial charge is 0.490 e. The second-order valence-corrected chi connectivity index (χ2v) is 17.0. The zero-order chi connectivity index (χ0) is 24.3. The Balaban J connectivity index is 2.00. The number of hydrogen-bond donors (Lipinski definition) is 0. The molecule has 0 atom stereocenters. The second kappa shape index (κ2) is 10.7. The van der Waals surface area contributed by atoms with Gasteiger partial charge in [-0.25, -0.2) is 0 Å². The maximum Gasteiger partial charge on any atom is 0.127 e. The molecule has 0 radical (unpaired) electrons. The van der Waals surface area contributed by atoms with Gasteiger partial charge in [0.1, 0.15) is 11.1 Å². The quantitative estimate of drug-likeness (QED) is 0.375. The van der Waals surface area contributed by atoms with Gasteiger partial charge in [-0.3, -0.25) is 0 Å². The maximum atomic E-state index is 6.44. The highest BCUT2D eigenvalue weighted by atomic mass is 31.2. The molecule has 2 aliphatic carbocycles. The minimum atomic E-state index is -1.52. The van der Waals surface area contributed by atoms with Crippen molar-refractivity contribution in [3.63, 3.8) is 0 Å². The van der Waals surface area contributed by atoms with Crippen molar-refractivity contribution in [2.45, 2.75) is 128 Å². The molecule has 0 heterocycles. The Hall–Kier alpha value is -1.33. The summed E-state index contributed by atoms with van der Waals surface area (Å²) in [6.07, 6.45) is 14.4. The van der Waals surface area contributed by atoms with Crippen LogP contribution in [0.3, 0.4) is 0 Å². The number of hydrogen-bond acceptors (Lipinski definition) is 1. The first kappa shape index (κ1) is 25.8. The molecule has 2 heteroatoms. The first-order valence-electron chi connectivity index (χ1n) is 14.0. The average molecular weight is 480 g/mol. The Bertz CT molecular complexity index is 924. The lowest BCUT2D eigenvalue weighted by molar-refractivity contribution is 0.243. The summed E-state index contributed by atoms with van der Waals surface area (Å²) >= 11 is 0. The van der Waals surface area contributed by atoms with Crippen molar-refractivity contribution in [1.82, 2.24) is 0 Å². The lowest BCUT2D eigenvalue weighted by Crippen LogP contribution is -2.44. The van der Waals surface area contributed by atoms with Crippen molar-refractivity contribution in [3.05, 3.63) is 48.0 Å². The molecule has 2 aromatic rings. The average Bonchev–Trinajstić information content (AvgIpc) is 2.80. The van der Waals surface area contributed by atoms with Crippen LogP contribution in [0.4, 0.5) is 0 Å². The van der Waals surface area contributed by atoms with Gasteiger partial charge < -0.3 is 4.74 Å². The van der Waals surface area contributed by atoms with Crippen LogP contribution in [0.5, 0.6) is 5.75 Å². The van der Waals surface area contributed by atoms with E-state index in [1.165, 1.54) is 80.9 Å². The predicted molar refractivity (Wildman–Crippen MR) is 152 cm³/mol. The van der Waals surface area contributed by atoms with Crippen LogP contribution in [0.25, 0.3) is 11.1 Å². The second-order valence-electron chi connectivity index (χ2n) is 12.2. The zero-order valence-electron chi connectivity index (χ0n) is 22.7. The Kier molecular flexibility index (Phi) is 8.13. The molecule has 2 saturated carbocycles. The molecule has 0 spiro atoms. The van der Waals surface area contributed by atoms with Crippen molar-refractivity contribution in [2.75, 3.05) is 0 Å². The fraction of sp³-hybridized carbons (Fsp3) is 0.625. The normalized spacial score (nSPS) is 18.9. The lowest BCUT2D eigenvalue weighted by Gasteiger charge is -2.51. The van der Waals surface area contributed by atoms with Gasteiger partial charge in [0.05, 0.1) is 29.8 Å². The molecular formula is C32H48OP+. The van der Waals surface area contributed by atoms with Crippen molar-refractivity contribution < 1.29 is 4.74 Å². The molecule has 0 unspecified atom stereocenters. The van der Waals surface area contributed by atoms with Gasteiger partial charge >= 0.3 is 0 Å². The van der Waals surface area contributed by atoms with Crippen LogP contribution in [0.1, 0.15) is 104 Å². The van der Waals surface area contributed by atoms with Gasteiger partial charge in [-0.15, -0.1) is 0 Å². The summed E-state index contributed by atoms with van der Waals surface area (Å²) in [5, 5.41) is 2.01. The molecule has 0 saturated heterocycles. The molecule has 2 aromatic carbocycles. The maximum absolute atomic E-state index is 6.44. The molecule has 0 aromatic heterocycles. The molecule has 0 bridgehead atoms. The fourth-order valence-corrected chi connectivity index (χ4v) is 15.0. The lowest BCUT2D eigenvalue weighted by atomic mass is 9.98. The molecule has 0 aliphatic heterocycles. The molecule has 2 fully saturated rings. The molecule has 1 nitrogen and oxygen atoms in total. The van der Waals surface area contributed by atoms with Crippen LogP contribution >= 0.6 is 7.26 Å². The molecule has 186 valence electrons. The summed E-state index contributed by atoms with van der Waals surface area (Å²) in [6.45, 7) is 14.4. The molecule has 4 rings (SSSR count). The van der Waals surface area contributed by atoms with Gasteiger partial charge in [-0.05, 0) is 111 Å². The van der Waals surface area contributed by atoms with E-state index in [0.717, 1.165) is 17.1 Å². The van der Waals surface area contributed by atoms with Gasteiger partial charge in [0.15, 0.2) is 0 Å². The van der Waals surface area contributed by atoms with Crippen LogP contribution in [0.2, 0.25) is 0 Å². The number of aryl methyl sites for hydroxylation is 1. The van der Waals surface area contributed by atoms with E-state index >= 15 is 0 Å². The highest BCUT2D eigenvalue weighted by Crippen LogP contribution is 2.79. The van der Waals surface area contributed by atoms with Crippen LogP contribution in [-0.4, -0.2) is 22.6 Å². The van der Waals surface area contributed by atoms with E-state index in [2.05, 4.69) is 84.0 Å². The monoisotopic (exact) mass is 479 g/mol. The van der Waals surface area contributed by atoms with E-state index in [1.54, 1.807) is 5.30 Å². The van der Waals surface area contributed by atoms with Gasteiger partial charge in [0.25, 0.3) is 0 Å². The fourth-order valence-electron chi connectivity index (χ4n) is 7.47. The number of ether oxygens (including phenoxy) is 1. The van der Waals surface area contributed by atoms with Crippen molar-refractivity contribution in [3.8, 4) is 16.9 Å². The van der Waals surface area contributed by atoms with E-state index in [4.69, 9.17) is 4.74 Å². The Morgan fingerprint density at radius 1 is 0.765 bits per heavy atom. The Labute approximate surface area is 210 Å². The van der Waals surface area contributed by atoms with E-state index in [-0.39, 0.29) is 6.10 Å². The van der Waals surface area contributed by atoms with Gasteiger partial charge in [-0.1, -0.05) is 43.2 Å². The first-order valence-corrected chi connectivity index (χ1v) is 15.9. The standard InChI is InChI=1S/C32H48OP/c1-24(2)33-29-22-15-16-25(3)31(29)28-21-13-14-23-30(28)34(32(4,5)6,26-17-9-7-10-18-26)27-19-11-8-12-20-27/h13-16,21-24,26-27H,7-12,17-20H2,1-6H3/q+1. The minimum Gasteiger partial charge on any atom is -0.490 e. The highest BCUT2D eigenvalue weighted by Gasteiger charge is 2.62. The third-order valence-electron chi connectivity index (χ3n) is 8.58. The summed E-state index contributed by atoms with van der Waals surface area (Å²) in [7, 11) is -1.52. The van der Waals surface area contributed by atoms with E-state index in [1.807, 2.05) is 0 Å². The van der Waals surface area contributed by atoms with Crippen molar-refractivity contribution >= 4 is 12.6 Å². The molecule has 0 amide bonds. The molecule has 2 aliphatic rings. The summed E-state index contributed by atoms with van der Waals surface area (Å²) < 4.78 is 6.44. The Morgan fingerprint density at radius 3 is 1.85 bits per heavy atom. The smallest absolute Gasteiger partial charge is 0.127 e. The van der Waals surface area contributed by atoms with Crippen molar-refractivity contribution in [2.24, 2.45) is 0 Å². The first-order chi connectivity index (χ1) is 16.3. The van der Waals surface area contributed by atoms with Crippen LogP contribution in [0.15, 0.2) is 42.5 Å². The predicted octanol–water partition coefficient (Wildman–Crippen LogP) is 9.56. The summed E-state index contributed by atoms with van der Waals surface area (Å²) in [5.41, 5.74) is 5.88. The van der Waals surface area contributed by atoms with Crippen LogP contribution in [-0.2, 0) is 0 Å². The molecule has 0 N–H and O–H groups in total. The molecule has 34 heavy (non-hydrogen) atoms. The third-order valence-corrected chi connectivity index (χ3v) is 15.3. The molecular weight excluding hydrogens is 431 g/mol. The van der Waals surface area contributed by atoms with Crippen LogP contribution in [0, 0.1) is 6.92 Å². The summed E-state index contributed by atoms with van der Waals surface area (Å²) in [4.78, 5) is 0. The van der Waals surface area contributed by atoms with Crippen LogP contribution < -0.4 is 10.0 Å². The SMILES string of the molecule is Cc1cccc(OC(C)C)c1-c1ccccc1[P+](C1CCCCC1)(C1CCCCC1)C(C)(C)C. The minimum absolute atomic E-state index is 0.173. The Morgan fingerprint density at radius 2 is 1.32 bits per heavy atom. The number of rotatable bonds is 6. The topological polar surface area (TPSA) is 9.23 Å². The van der Waals surface area contributed by atoms with Gasteiger partial charge in [0.2, 0.25) is 0 Å². The summed E-state index contributed by atoms with van der Waals surface area (Å²) in [5.74, 6) is 1.06. The van der Waals surface area contributed by atoms with Crippen molar-refractivity contribution in [1.29, 1.82) is 0 Å². The van der Waals surface area contributed by atoms with Gasteiger partial charge in [-0.2, -0.15) is 0 Å². The third kappa shape index (κ3) is 4.84. The van der Waals surface area contributed by atoms with E-state index in [0.29, 0.717) is 5.16 Å². The highest BCUT2D eigenvalue weighted by molar-refractivity contribution is 7.85. The number of benzene rings is 2. The van der Waals surface area contributed by atoms with E-state index in [9.17, 15) is 0 Å².